The molecule has 5 nitrogen and oxygen atoms in total. The van der Waals surface area contributed by atoms with Gasteiger partial charge in [-0.2, -0.15) is 11.8 Å². The van der Waals surface area contributed by atoms with Gasteiger partial charge in [-0.25, -0.2) is 0 Å². The maximum absolute atomic E-state index is 13.0. The second kappa shape index (κ2) is 8.41. The van der Waals surface area contributed by atoms with Crippen LogP contribution in [0.3, 0.4) is 0 Å². The van der Waals surface area contributed by atoms with E-state index >= 15 is 0 Å². The first-order valence-corrected chi connectivity index (χ1v) is 11.4. The summed E-state index contributed by atoms with van der Waals surface area (Å²) in [6.45, 7) is 0. The molecule has 1 aliphatic rings. The van der Waals surface area contributed by atoms with Crippen LogP contribution in [0.1, 0.15) is 58.6 Å². The van der Waals surface area contributed by atoms with Crippen molar-refractivity contribution in [3.8, 4) is 0 Å². The number of rotatable bonds is 6. The molecule has 4 rings (SSSR count). The minimum absolute atomic E-state index is 0.313. The summed E-state index contributed by atoms with van der Waals surface area (Å²) in [4.78, 5) is 24.5. The van der Waals surface area contributed by atoms with E-state index in [-0.39, 0.29) is 5.91 Å². The third-order valence-electron chi connectivity index (χ3n) is 5.08. The average Bonchev–Trinajstić information content (AvgIpc) is 3.31. The number of thiophene rings is 1. The fourth-order valence-electron chi connectivity index (χ4n) is 3.62. The molecule has 2 aromatic heterocycles. The van der Waals surface area contributed by atoms with Crippen molar-refractivity contribution in [1.82, 2.24) is 0 Å². The Kier molecular flexibility index (Phi) is 5.73. The molecule has 1 aliphatic carbocycles. The topological polar surface area (TPSA) is 85.3 Å². The second-order valence-electron chi connectivity index (χ2n) is 6.96. The van der Waals surface area contributed by atoms with Crippen molar-refractivity contribution < 1.29 is 14.0 Å². The molecule has 1 fully saturated rings. The minimum Gasteiger partial charge on any atom is -0.451 e. The fourth-order valence-corrected chi connectivity index (χ4v) is 5.76. The largest absolute Gasteiger partial charge is 0.451 e. The number of hydrogen-bond donors (Lipinski definition) is 2. The number of fused-ring (bicyclic) bond motifs is 1. The number of hydrogen-bond acceptors (Lipinski definition) is 5. The van der Waals surface area contributed by atoms with Crippen molar-refractivity contribution in [3.63, 3.8) is 0 Å². The van der Waals surface area contributed by atoms with Gasteiger partial charge in [-0.15, -0.1) is 11.3 Å². The normalized spacial score (nSPS) is 15.0. The van der Waals surface area contributed by atoms with E-state index in [1.54, 1.807) is 11.4 Å². The van der Waals surface area contributed by atoms with E-state index in [9.17, 15) is 9.59 Å². The summed E-state index contributed by atoms with van der Waals surface area (Å²) in [5.41, 5.74) is 7.32. The predicted octanol–water partition coefficient (Wildman–Crippen LogP) is 5.41. The van der Waals surface area contributed by atoms with Crippen molar-refractivity contribution in [3.05, 3.63) is 52.6 Å². The molecule has 1 aromatic carbocycles. The van der Waals surface area contributed by atoms with Gasteiger partial charge in [0.05, 0.1) is 5.56 Å². The Labute approximate surface area is 171 Å². The van der Waals surface area contributed by atoms with Gasteiger partial charge < -0.3 is 15.5 Å². The molecule has 2 amide bonds. The van der Waals surface area contributed by atoms with Crippen molar-refractivity contribution in [2.24, 2.45) is 5.73 Å². The number of anilines is 1. The van der Waals surface area contributed by atoms with Gasteiger partial charge in [-0.1, -0.05) is 37.5 Å². The Bertz CT molecular complexity index is 1000. The van der Waals surface area contributed by atoms with E-state index in [1.165, 1.54) is 43.4 Å². The van der Waals surface area contributed by atoms with Crippen LogP contribution in [0.2, 0.25) is 0 Å². The van der Waals surface area contributed by atoms with E-state index in [2.05, 4.69) is 5.32 Å². The molecule has 0 spiro atoms. The first-order valence-electron chi connectivity index (χ1n) is 9.44. The lowest BCUT2D eigenvalue weighted by Crippen LogP contribution is -2.17. The molecule has 2 heterocycles. The van der Waals surface area contributed by atoms with E-state index < -0.39 is 5.91 Å². The summed E-state index contributed by atoms with van der Waals surface area (Å²) in [6, 6.07) is 9.34. The van der Waals surface area contributed by atoms with Gasteiger partial charge in [0, 0.05) is 22.0 Å². The van der Waals surface area contributed by atoms with E-state index in [0.29, 0.717) is 27.2 Å². The number of carbonyl (C=O) groups excluding carboxylic acids is 2. The number of nitrogens with two attached hydrogens (primary N) is 1. The average molecular weight is 415 g/mol. The van der Waals surface area contributed by atoms with E-state index in [4.69, 9.17) is 10.2 Å². The van der Waals surface area contributed by atoms with Gasteiger partial charge in [0.2, 0.25) is 0 Å². The van der Waals surface area contributed by atoms with Crippen molar-refractivity contribution in [2.45, 2.75) is 43.1 Å². The zero-order chi connectivity index (χ0) is 19.5. The number of amides is 2. The van der Waals surface area contributed by atoms with Crippen LogP contribution < -0.4 is 11.1 Å². The van der Waals surface area contributed by atoms with Crippen LogP contribution in [0.5, 0.6) is 0 Å². The summed E-state index contributed by atoms with van der Waals surface area (Å²) in [5, 5.41) is 6.59. The van der Waals surface area contributed by atoms with Crippen molar-refractivity contribution >= 4 is 50.9 Å². The molecular formula is C21H22N2O3S2. The molecule has 0 bridgehead atoms. The third kappa shape index (κ3) is 3.95. The number of furan rings is 1. The highest BCUT2D eigenvalue weighted by Gasteiger charge is 2.24. The second-order valence-corrected chi connectivity index (χ2v) is 9.16. The zero-order valence-electron chi connectivity index (χ0n) is 15.4. The quantitative estimate of drug-likeness (QED) is 0.565. The lowest BCUT2D eigenvalue weighted by molar-refractivity contribution is 0.0998. The molecule has 3 aromatic rings. The molecule has 146 valence electrons. The molecule has 7 heteroatoms. The number of carbonyl (C=O) groups is 2. The van der Waals surface area contributed by atoms with Gasteiger partial charge in [-0.3, -0.25) is 9.59 Å². The van der Waals surface area contributed by atoms with Gasteiger partial charge in [-0.05, 0) is 30.4 Å². The Morgan fingerprint density at radius 1 is 1.18 bits per heavy atom. The molecule has 0 aliphatic heterocycles. The fraction of sp³-hybridized carbons (Fsp3) is 0.333. The molecule has 0 saturated heterocycles. The lowest BCUT2D eigenvalue weighted by Gasteiger charge is -2.20. The molecular weight excluding hydrogens is 392 g/mol. The lowest BCUT2D eigenvalue weighted by atomic mass is 10.0. The van der Waals surface area contributed by atoms with Crippen molar-refractivity contribution in [2.75, 3.05) is 5.32 Å². The van der Waals surface area contributed by atoms with Gasteiger partial charge in [0.15, 0.2) is 5.76 Å². The summed E-state index contributed by atoms with van der Waals surface area (Å²) >= 11 is 3.18. The monoisotopic (exact) mass is 414 g/mol. The maximum Gasteiger partial charge on any atom is 0.292 e. The maximum atomic E-state index is 13.0. The zero-order valence-corrected chi connectivity index (χ0v) is 17.0. The molecule has 0 radical (unpaired) electrons. The summed E-state index contributed by atoms with van der Waals surface area (Å²) in [7, 11) is 0. The Morgan fingerprint density at radius 2 is 1.96 bits per heavy atom. The highest BCUT2D eigenvalue weighted by atomic mass is 32.2. The van der Waals surface area contributed by atoms with Crippen LogP contribution in [0.25, 0.3) is 11.0 Å². The smallest absolute Gasteiger partial charge is 0.292 e. The molecule has 28 heavy (non-hydrogen) atoms. The Morgan fingerprint density at radius 3 is 2.75 bits per heavy atom. The number of benzene rings is 1. The molecule has 3 N–H and O–H groups in total. The highest BCUT2D eigenvalue weighted by Crippen LogP contribution is 2.35. The highest BCUT2D eigenvalue weighted by molar-refractivity contribution is 7.99. The van der Waals surface area contributed by atoms with E-state index in [1.807, 2.05) is 36.0 Å². The Hall–Kier alpha value is -2.25. The van der Waals surface area contributed by atoms with Gasteiger partial charge in [0.1, 0.15) is 10.6 Å². The number of nitrogens with one attached hydrogen (secondary N) is 1. The van der Waals surface area contributed by atoms with Crippen LogP contribution >= 0.6 is 23.1 Å². The van der Waals surface area contributed by atoms with Crippen LogP contribution in [0, 0.1) is 0 Å². The standard InChI is InChI=1S/C21H22N2O3S2/c22-19(24)15-10-11-27-21(15)23-20(25)18-16(12-28-13-6-2-1-3-7-13)14-8-4-5-9-17(14)26-18/h4-5,8-11,13H,1-3,6-7,12H2,(H2,22,24)(H,23,25). The summed E-state index contributed by atoms with van der Waals surface area (Å²) in [6.07, 6.45) is 6.36. The molecule has 1 saturated carbocycles. The first-order chi connectivity index (χ1) is 13.6. The number of primary amides is 1. The van der Waals surface area contributed by atoms with E-state index in [0.717, 1.165) is 16.7 Å². The van der Waals surface area contributed by atoms with Gasteiger partial charge >= 0.3 is 0 Å². The number of para-hydroxylation sites is 1. The van der Waals surface area contributed by atoms with Crippen LogP contribution in [0.15, 0.2) is 40.1 Å². The summed E-state index contributed by atoms with van der Waals surface area (Å²) in [5.74, 6) is 0.139. The van der Waals surface area contributed by atoms with Crippen LogP contribution in [0.4, 0.5) is 5.00 Å². The summed E-state index contributed by atoms with van der Waals surface area (Å²) < 4.78 is 5.91. The Balaban J connectivity index is 1.60. The first kappa shape index (κ1) is 19.1. The van der Waals surface area contributed by atoms with Gasteiger partial charge in [0.25, 0.3) is 11.8 Å². The van der Waals surface area contributed by atoms with Crippen LogP contribution in [-0.4, -0.2) is 17.1 Å². The minimum atomic E-state index is -0.561. The predicted molar refractivity (Wildman–Crippen MR) is 115 cm³/mol. The van der Waals surface area contributed by atoms with Crippen LogP contribution in [-0.2, 0) is 5.75 Å². The van der Waals surface area contributed by atoms with Crippen molar-refractivity contribution in [1.29, 1.82) is 0 Å². The SMILES string of the molecule is NC(=O)c1ccsc1NC(=O)c1oc2ccccc2c1CSC1CCCCC1. The molecule has 0 unspecified atom stereocenters. The number of thioether (sulfide) groups is 1. The third-order valence-corrected chi connectivity index (χ3v) is 7.31. The molecule has 0 atom stereocenters.